The van der Waals surface area contributed by atoms with Crippen molar-refractivity contribution in [1.29, 1.82) is 0 Å². The number of furan rings is 3. The quantitative estimate of drug-likeness (QED) is 0.644. The third-order valence-electron chi connectivity index (χ3n) is 2.62. The molecule has 0 saturated carbocycles. The molecule has 3 N–H and O–H groups in total. The molecule has 0 aliphatic rings. The number of rotatable bonds is 2. The zero-order valence-corrected chi connectivity index (χ0v) is 8.95. The monoisotopic (exact) mass is 248 g/mol. The Balaban J connectivity index is 2.25. The zero-order valence-electron chi connectivity index (χ0n) is 8.95. The van der Waals surface area contributed by atoms with Crippen LogP contribution in [0.5, 0.6) is 17.8 Å². The van der Waals surface area contributed by atoms with E-state index in [1.165, 1.54) is 30.9 Å². The first-order valence-electron chi connectivity index (χ1n) is 5.02. The van der Waals surface area contributed by atoms with E-state index in [1.807, 2.05) is 0 Å². The minimum Gasteiger partial charge on any atom is -0.480 e. The van der Waals surface area contributed by atoms with Gasteiger partial charge in [-0.3, -0.25) is 0 Å². The highest BCUT2D eigenvalue weighted by molar-refractivity contribution is 5.88. The average molecular weight is 248 g/mol. The summed E-state index contributed by atoms with van der Waals surface area (Å²) in [7, 11) is 0. The number of hydrogen-bond donors (Lipinski definition) is 3. The minimum atomic E-state index is -0.387. The minimum absolute atomic E-state index is 0.220. The largest absolute Gasteiger partial charge is 0.480 e. The average Bonchev–Trinajstić information content (AvgIpc) is 3.00. The predicted molar refractivity (Wildman–Crippen MR) is 59.1 cm³/mol. The highest BCUT2D eigenvalue weighted by atomic mass is 16.5. The van der Waals surface area contributed by atoms with Crippen molar-refractivity contribution in [3.63, 3.8) is 0 Å². The number of hydrogen-bond acceptors (Lipinski definition) is 6. The van der Waals surface area contributed by atoms with Gasteiger partial charge in [-0.25, -0.2) is 0 Å². The second-order valence-corrected chi connectivity index (χ2v) is 3.61. The van der Waals surface area contributed by atoms with Crippen molar-refractivity contribution in [3.05, 3.63) is 30.9 Å². The van der Waals surface area contributed by atoms with Crippen molar-refractivity contribution in [3.8, 4) is 40.1 Å². The Morgan fingerprint density at radius 2 is 1.28 bits per heavy atom. The van der Waals surface area contributed by atoms with Crippen LogP contribution < -0.4 is 0 Å². The molecule has 3 heterocycles. The summed E-state index contributed by atoms with van der Waals surface area (Å²) < 4.78 is 14.4. The fourth-order valence-corrected chi connectivity index (χ4v) is 1.80. The van der Waals surface area contributed by atoms with Gasteiger partial charge in [-0.15, -0.1) is 0 Å². The normalized spacial score (nSPS) is 10.9. The Morgan fingerprint density at radius 1 is 0.667 bits per heavy atom. The molecule has 0 aromatic carbocycles. The van der Waals surface area contributed by atoms with Crippen LogP contribution >= 0.6 is 0 Å². The molecule has 0 atom stereocenters. The Hall–Kier alpha value is -2.76. The third-order valence-corrected chi connectivity index (χ3v) is 2.62. The van der Waals surface area contributed by atoms with E-state index in [4.69, 9.17) is 13.3 Å². The van der Waals surface area contributed by atoms with Gasteiger partial charge in [0.05, 0.1) is 29.2 Å². The standard InChI is InChI=1S/C12H8O6/c13-10-6(1-3-16-10)8-5-18-12(15)9(8)7-2-4-17-11(7)14/h1-5,13-15H. The van der Waals surface area contributed by atoms with E-state index in [0.29, 0.717) is 11.1 Å². The summed E-state index contributed by atoms with van der Waals surface area (Å²) in [4.78, 5) is 0. The molecule has 3 aromatic rings. The smallest absolute Gasteiger partial charge is 0.290 e. The maximum Gasteiger partial charge on any atom is 0.290 e. The van der Waals surface area contributed by atoms with E-state index >= 15 is 0 Å². The Bertz CT molecular complexity index is 687. The summed E-state index contributed by atoms with van der Waals surface area (Å²) in [6.07, 6.45) is 3.82. The maximum absolute atomic E-state index is 9.69. The van der Waals surface area contributed by atoms with Crippen LogP contribution in [0.2, 0.25) is 0 Å². The molecule has 6 nitrogen and oxygen atoms in total. The van der Waals surface area contributed by atoms with Gasteiger partial charge in [-0.05, 0) is 12.1 Å². The van der Waals surface area contributed by atoms with Crippen molar-refractivity contribution in [2.45, 2.75) is 0 Å². The summed E-state index contributed by atoms with van der Waals surface area (Å²) >= 11 is 0. The highest BCUT2D eigenvalue weighted by Gasteiger charge is 2.23. The van der Waals surface area contributed by atoms with E-state index in [2.05, 4.69) is 0 Å². The first-order valence-corrected chi connectivity index (χ1v) is 5.02. The maximum atomic E-state index is 9.69. The van der Waals surface area contributed by atoms with Gasteiger partial charge in [0.2, 0.25) is 0 Å². The van der Waals surface area contributed by atoms with Crippen LogP contribution in [0.1, 0.15) is 0 Å². The fraction of sp³-hybridized carbons (Fsp3) is 0. The highest BCUT2D eigenvalue weighted by Crippen LogP contribution is 2.46. The van der Waals surface area contributed by atoms with Crippen LogP contribution in [0.25, 0.3) is 22.3 Å². The first-order chi connectivity index (χ1) is 8.68. The van der Waals surface area contributed by atoms with E-state index in [1.54, 1.807) is 0 Å². The Kier molecular flexibility index (Phi) is 2.09. The summed E-state index contributed by atoms with van der Waals surface area (Å²) in [5.74, 6) is -1.04. The second-order valence-electron chi connectivity index (χ2n) is 3.61. The van der Waals surface area contributed by atoms with Crippen LogP contribution in [0.3, 0.4) is 0 Å². The number of aromatic hydroxyl groups is 3. The van der Waals surface area contributed by atoms with E-state index < -0.39 is 0 Å². The molecule has 0 saturated heterocycles. The summed E-state index contributed by atoms with van der Waals surface area (Å²) in [5.41, 5.74) is 1.21. The molecule has 18 heavy (non-hydrogen) atoms. The summed E-state index contributed by atoms with van der Waals surface area (Å²) in [5, 5.41) is 28.7. The lowest BCUT2D eigenvalue weighted by Crippen LogP contribution is -1.77. The van der Waals surface area contributed by atoms with Crippen molar-refractivity contribution in [1.82, 2.24) is 0 Å². The van der Waals surface area contributed by atoms with E-state index in [0.717, 1.165) is 0 Å². The summed E-state index contributed by atoms with van der Waals surface area (Å²) in [6.45, 7) is 0. The van der Waals surface area contributed by atoms with E-state index in [-0.39, 0.29) is 29.0 Å². The molecule has 0 fully saturated rings. The molecular formula is C12H8O6. The van der Waals surface area contributed by atoms with Gasteiger partial charge in [0.15, 0.2) is 0 Å². The summed E-state index contributed by atoms with van der Waals surface area (Å²) in [6, 6.07) is 2.99. The molecule has 6 heteroatoms. The topological polar surface area (TPSA) is 100 Å². The Labute approximate surface area is 100 Å². The lowest BCUT2D eigenvalue weighted by molar-refractivity contribution is 0.327. The molecule has 0 unspecified atom stereocenters. The van der Waals surface area contributed by atoms with Crippen molar-refractivity contribution in [2.24, 2.45) is 0 Å². The molecule has 3 aromatic heterocycles. The molecule has 0 aliphatic heterocycles. The molecule has 0 amide bonds. The van der Waals surface area contributed by atoms with Gasteiger partial charge in [-0.1, -0.05) is 0 Å². The van der Waals surface area contributed by atoms with Crippen LogP contribution in [-0.4, -0.2) is 15.3 Å². The zero-order chi connectivity index (χ0) is 12.7. The van der Waals surface area contributed by atoms with Gasteiger partial charge >= 0.3 is 0 Å². The molecule has 0 aliphatic carbocycles. The van der Waals surface area contributed by atoms with Crippen LogP contribution in [0, 0.1) is 0 Å². The molecule has 3 rings (SSSR count). The van der Waals surface area contributed by atoms with Crippen molar-refractivity contribution in [2.75, 3.05) is 0 Å². The van der Waals surface area contributed by atoms with Crippen LogP contribution in [0.15, 0.2) is 44.2 Å². The van der Waals surface area contributed by atoms with Crippen LogP contribution in [-0.2, 0) is 0 Å². The molecular weight excluding hydrogens is 240 g/mol. The lowest BCUT2D eigenvalue weighted by Gasteiger charge is -1.99. The van der Waals surface area contributed by atoms with Gasteiger partial charge < -0.3 is 28.6 Å². The second kappa shape index (κ2) is 3.63. The molecule has 0 bridgehead atoms. The SMILES string of the molecule is Oc1occc1-c1coc(O)c1-c1ccoc1O. The molecule has 92 valence electrons. The van der Waals surface area contributed by atoms with Crippen LogP contribution in [0.4, 0.5) is 0 Å². The predicted octanol–water partition coefficient (Wildman–Crippen LogP) is 2.92. The first kappa shape index (κ1) is 10.4. The lowest BCUT2D eigenvalue weighted by atomic mass is 10.0. The van der Waals surface area contributed by atoms with Gasteiger partial charge in [-0.2, -0.15) is 0 Å². The molecule has 0 radical (unpaired) electrons. The fourth-order valence-electron chi connectivity index (χ4n) is 1.80. The van der Waals surface area contributed by atoms with Gasteiger partial charge in [0.1, 0.15) is 6.26 Å². The van der Waals surface area contributed by atoms with Gasteiger partial charge in [0.25, 0.3) is 17.8 Å². The van der Waals surface area contributed by atoms with Gasteiger partial charge in [0, 0.05) is 5.56 Å². The van der Waals surface area contributed by atoms with E-state index in [9.17, 15) is 15.3 Å². The van der Waals surface area contributed by atoms with Crippen molar-refractivity contribution >= 4 is 0 Å². The third kappa shape index (κ3) is 1.36. The Morgan fingerprint density at radius 3 is 1.83 bits per heavy atom. The van der Waals surface area contributed by atoms with Crippen molar-refractivity contribution < 1.29 is 28.6 Å². The molecule has 0 spiro atoms.